The molecule has 3 aromatic rings. The van der Waals surface area contributed by atoms with Crippen LogP contribution in [0.25, 0.3) is 0 Å². The molecule has 0 aromatic heterocycles. The normalized spacial score (nSPS) is 21.7. The van der Waals surface area contributed by atoms with Crippen LogP contribution in [0.3, 0.4) is 0 Å². The van der Waals surface area contributed by atoms with Gasteiger partial charge in [0.05, 0.1) is 0 Å². The molecule has 2 aliphatic carbocycles. The van der Waals surface area contributed by atoms with E-state index >= 15 is 0 Å². The highest BCUT2D eigenvalue weighted by molar-refractivity contribution is 7.13. The molecule has 0 amide bonds. The topological polar surface area (TPSA) is 0 Å². The monoisotopic (exact) mass is 476 g/mol. The van der Waals surface area contributed by atoms with Crippen LogP contribution in [0.5, 0.6) is 0 Å². The van der Waals surface area contributed by atoms with Gasteiger partial charge in [-0.2, -0.15) is 0 Å². The molecule has 0 N–H and O–H groups in total. The van der Waals surface area contributed by atoms with Crippen molar-refractivity contribution in [1.29, 1.82) is 0 Å². The van der Waals surface area contributed by atoms with Gasteiger partial charge < -0.3 is 0 Å². The van der Waals surface area contributed by atoms with Gasteiger partial charge in [0.25, 0.3) is 0 Å². The van der Waals surface area contributed by atoms with E-state index in [2.05, 4.69) is 121 Å². The molecule has 3 atom stereocenters. The van der Waals surface area contributed by atoms with Crippen LogP contribution < -0.4 is 15.6 Å². The molecule has 180 valence electrons. The molecule has 0 aliphatic heterocycles. The first-order valence-corrected chi connectivity index (χ1v) is 15.4. The molecule has 1 heteroatoms. The fourth-order valence-corrected chi connectivity index (χ4v) is 14.2. The van der Waals surface area contributed by atoms with Crippen molar-refractivity contribution in [2.75, 3.05) is 0 Å². The summed E-state index contributed by atoms with van der Waals surface area (Å²) in [6.45, 7) is 16.2. The van der Waals surface area contributed by atoms with E-state index in [4.69, 9.17) is 0 Å². The summed E-state index contributed by atoms with van der Waals surface area (Å²) in [5.41, 5.74) is 10.5. The van der Waals surface area contributed by atoms with Crippen molar-refractivity contribution in [3.8, 4) is 0 Å². The number of hydrogen-bond acceptors (Lipinski definition) is 0. The third-order valence-corrected chi connectivity index (χ3v) is 13.8. The van der Waals surface area contributed by atoms with E-state index < -0.39 is 8.07 Å². The van der Waals surface area contributed by atoms with Crippen LogP contribution in [0.4, 0.5) is 0 Å². The molecular weight excluding hydrogens is 436 g/mol. The molecule has 0 saturated heterocycles. The van der Waals surface area contributed by atoms with Crippen molar-refractivity contribution in [3.63, 3.8) is 0 Å². The molecule has 3 aromatic carbocycles. The predicted octanol–water partition coefficient (Wildman–Crippen LogP) is 6.92. The molecule has 35 heavy (non-hydrogen) atoms. The molecule has 1 saturated carbocycles. The number of rotatable bonds is 4. The van der Waals surface area contributed by atoms with Crippen molar-refractivity contribution < 1.29 is 0 Å². The van der Waals surface area contributed by atoms with Crippen LogP contribution >= 0.6 is 0 Å². The first-order chi connectivity index (χ1) is 16.7. The lowest BCUT2D eigenvalue weighted by molar-refractivity contribution is 0.536. The Balaban J connectivity index is 1.97. The zero-order valence-electron chi connectivity index (χ0n) is 22.6. The SMILES string of the molecule is Cc1cc(C)cc([Si](c2cc(C)cc(C)c2)(c2cc(C)cc(C)c2)C2C3=CC=CCC3CC2C)c1. The van der Waals surface area contributed by atoms with Gasteiger partial charge in [0.1, 0.15) is 0 Å². The molecule has 0 heterocycles. The Hall–Kier alpha value is -2.64. The summed E-state index contributed by atoms with van der Waals surface area (Å²) in [7, 11) is -2.45. The summed E-state index contributed by atoms with van der Waals surface area (Å²) >= 11 is 0. The number of benzene rings is 3. The number of fused-ring (bicyclic) bond motifs is 1. The molecule has 2 aliphatic rings. The second-order valence-electron chi connectivity index (χ2n) is 11.7. The van der Waals surface area contributed by atoms with E-state index in [1.54, 1.807) is 21.1 Å². The van der Waals surface area contributed by atoms with Gasteiger partial charge in [-0.3, -0.25) is 0 Å². The maximum absolute atomic E-state index is 2.54. The minimum absolute atomic E-state index is 0.557. The highest BCUT2D eigenvalue weighted by Gasteiger charge is 2.54. The maximum Gasteiger partial charge on any atom is 0.155 e. The minimum atomic E-state index is -2.45. The van der Waals surface area contributed by atoms with Crippen LogP contribution in [0.15, 0.2) is 78.4 Å². The summed E-state index contributed by atoms with van der Waals surface area (Å²) in [4.78, 5) is 0. The number of aryl methyl sites for hydroxylation is 6. The van der Waals surface area contributed by atoms with E-state index in [0.29, 0.717) is 17.4 Å². The Labute approximate surface area is 213 Å². The molecule has 1 fully saturated rings. The Morgan fingerprint density at radius 3 is 1.40 bits per heavy atom. The van der Waals surface area contributed by atoms with Gasteiger partial charge in [0, 0.05) is 0 Å². The van der Waals surface area contributed by atoms with E-state index in [1.807, 2.05) is 0 Å². The fourth-order valence-electron chi connectivity index (χ4n) is 7.52. The van der Waals surface area contributed by atoms with Gasteiger partial charge in [-0.15, -0.1) is 0 Å². The molecular formula is C34H40Si. The standard InChI is InChI=1S/C34H40Si/c1-22-12-23(2)16-30(15-22)35(31-17-24(3)13-25(4)18-31,32-19-26(5)14-27(6)20-32)34-28(7)21-29-10-8-9-11-33(29)34/h8-9,11-20,28-29,34H,10,21H2,1-7H3. The van der Waals surface area contributed by atoms with Gasteiger partial charge in [-0.1, -0.05) is 119 Å². The van der Waals surface area contributed by atoms with Crippen LogP contribution in [0, 0.1) is 53.4 Å². The zero-order valence-corrected chi connectivity index (χ0v) is 23.6. The summed E-state index contributed by atoms with van der Waals surface area (Å²) in [6.07, 6.45) is 9.72. The lowest BCUT2D eigenvalue weighted by Gasteiger charge is -2.43. The lowest BCUT2D eigenvalue weighted by atomic mass is 9.94. The summed E-state index contributed by atoms with van der Waals surface area (Å²) in [5, 5.41) is 4.74. The third-order valence-electron chi connectivity index (χ3n) is 8.40. The van der Waals surface area contributed by atoms with E-state index in [-0.39, 0.29) is 0 Å². The van der Waals surface area contributed by atoms with Crippen LogP contribution in [0.2, 0.25) is 5.54 Å². The van der Waals surface area contributed by atoms with Gasteiger partial charge >= 0.3 is 0 Å². The second-order valence-corrected chi connectivity index (χ2v) is 15.6. The highest BCUT2D eigenvalue weighted by atomic mass is 28.3. The quantitative estimate of drug-likeness (QED) is 0.283. The minimum Gasteiger partial charge on any atom is -0.0839 e. The van der Waals surface area contributed by atoms with Gasteiger partial charge in [-0.05, 0) is 87.3 Å². The average Bonchev–Trinajstić information content (AvgIpc) is 3.09. The van der Waals surface area contributed by atoms with Gasteiger partial charge in [-0.25, -0.2) is 0 Å². The average molecular weight is 477 g/mol. The lowest BCUT2D eigenvalue weighted by Crippen LogP contribution is -2.71. The maximum atomic E-state index is 2.54. The second kappa shape index (κ2) is 9.10. The van der Waals surface area contributed by atoms with Crippen molar-refractivity contribution in [2.24, 2.45) is 11.8 Å². The molecule has 5 rings (SSSR count). The van der Waals surface area contributed by atoms with Crippen LogP contribution in [-0.2, 0) is 0 Å². The largest absolute Gasteiger partial charge is 0.155 e. The van der Waals surface area contributed by atoms with Crippen LogP contribution in [0.1, 0.15) is 53.1 Å². The Morgan fingerprint density at radius 1 is 0.600 bits per heavy atom. The Kier molecular flexibility index (Phi) is 6.26. The number of hydrogen-bond donors (Lipinski definition) is 0. The summed E-state index contributed by atoms with van der Waals surface area (Å²) in [6, 6.07) is 22.2. The fraction of sp³-hybridized carbons (Fsp3) is 0.353. The first kappa shape index (κ1) is 24.1. The molecule has 3 unspecified atom stereocenters. The van der Waals surface area contributed by atoms with E-state index in [0.717, 1.165) is 0 Å². The van der Waals surface area contributed by atoms with E-state index in [1.165, 1.54) is 46.2 Å². The van der Waals surface area contributed by atoms with Gasteiger partial charge in [0.2, 0.25) is 0 Å². The van der Waals surface area contributed by atoms with Crippen molar-refractivity contribution in [2.45, 2.75) is 66.8 Å². The predicted molar refractivity (Wildman–Crippen MR) is 155 cm³/mol. The summed E-state index contributed by atoms with van der Waals surface area (Å²) < 4.78 is 0. The Morgan fingerprint density at radius 2 is 1.00 bits per heavy atom. The molecule has 0 nitrogen and oxygen atoms in total. The zero-order chi connectivity index (χ0) is 24.9. The van der Waals surface area contributed by atoms with Crippen LogP contribution in [-0.4, -0.2) is 8.07 Å². The summed E-state index contributed by atoms with van der Waals surface area (Å²) in [5.74, 6) is 1.34. The Bertz CT molecular complexity index is 1150. The van der Waals surface area contributed by atoms with Gasteiger partial charge in [0.15, 0.2) is 8.07 Å². The van der Waals surface area contributed by atoms with Crippen molar-refractivity contribution in [1.82, 2.24) is 0 Å². The first-order valence-electron chi connectivity index (χ1n) is 13.3. The molecule has 0 radical (unpaired) electrons. The van der Waals surface area contributed by atoms with Crippen molar-refractivity contribution >= 4 is 23.6 Å². The van der Waals surface area contributed by atoms with E-state index in [9.17, 15) is 0 Å². The molecule has 0 bridgehead atoms. The third kappa shape index (κ3) is 4.19. The van der Waals surface area contributed by atoms with Crippen molar-refractivity contribution in [3.05, 3.63) is 112 Å². The number of allylic oxidation sites excluding steroid dienone is 4. The molecule has 0 spiro atoms. The highest BCUT2D eigenvalue weighted by Crippen LogP contribution is 2.52. The smallest absolute Gasteiger partial charge is 0.0839 e.